The summed E-state index contributed by atoms with van der Waals surface area (Å²) in [6, 6.07) is 12.8. The Morgan fingerprint density at radius 3 is 2.42 bits per heavy atom. The van der Waals surface area contributed by atoms with Gasteiger partial charge in [0, 0.05) is 24.7 Å². The molecule has 0 unspecified atom stereocenters. The predicted molar refractivity (Wildman–Crippen MR) is 89.1 cm³/mol. The summed E-state index contributed by atoms with van der Waals surface area (Å²) in [6.45, 7) is 1.56. The van der Waals surface area contributed by atoms with Crippen molar-refractivity contribution in [2.75, 3.05) is 19.0 Å². The number of ether oxygens (including phenoxy) is 1. The quantitative estimate of drug-likeness (QED) is 0.886. The van der Waals surface area contributed by atoms with Crippen molar-refractivity contribution in [1.29, 1.82) is 0 Å². The molecule has 0 aliphatic rings. The molecule has 1 N–H and O–H groups in total. The summed E-state index contributed by atoms with van der Waals surface area (Å²) in [5.74, 6) is -0.306. The van der Waals surface area contributed by atoms with Gasteiger partial charge < -0.3 is 15.0 Å². The highest BCUT2D eigenvalue weighted by Crippen LogP contribution is 2.19. The van der Waals surface area contributed by atoms with Gasteiger partial charge in [-0.05, 0) is 30.3 Å². The van der Waals surface area contributed by atoms with Crippen molar-refractivity contribution in [3.05, 3.63) is 59.9 Å². The first-order valence-electron chi connectivity index (χ1n) is 7.42. The lowest BCUT2D eigenvalue weighted by molar-refractivity contribution is -0.133. The Labute approximate surface area is 140 Å². The highest BCUT2D eigenvalue weighted by molar-refractivity contribution is 5.94. The van der Waals surface area contributed by atoms with Crippen LogP contribution < -0.4 is 10.1 Å². The van der Waals surface area contributed by atoms with Crippen LogP contribution in [0.25, 0.3) is 0 Å². The number of benzene rings is 2. The second-order valence-corrected chi connectivity index (χ2v) is 5.24. The van der Waals surface area contributed by atoms with Crippen LogP contribution in [0.1, 0.15) is 12.5 Å². The van der Waals surface area contributed by atoms with Crippen LogP contribution in [0.2, 0.25) is 0 Å². The number of hydrogen-bond donors (Lipinski definition) is 1. The lowest BCUT2D eigenvalue weighted by Crippen LogP contribution is -2.36. The number of nitrogens with one attached hydrogen (secondary N) is 1. The van der Waals surface area contributed by atoms with Gasteiger partial charge in [0.1, 0.15) is 18.1 Å². The Hall–Kier alpha value is -2.89. The van der Waals surface area contributed by atoms with E-state index in [9.17, 15) is 14.0 Å². The molecule has 2 rings (SSSR count). The van der Waals surface area contributed by atoms with E-state index < -0.39 is 0 Å². The third-order valence-electron chi connectivity index (χ3n) is 3.46. The standard InChI is InChI=1S/C18H19FN2O3/c1-13(22)21(11-14-5-3-4-6-17(14)24-2)12-18(23)20-16-9-7-15(19)8-10-16/h3-10H,11-12H2,1-2H3,(H,20,23). The summed E-state index contributed by atoms with van der Waals surface area (Å²) in [6.07, 6.45) is 0. The highest BCUT2D eigenvalue weighted by Gasteiger charge is 2.16. The van der Waals surface area contributed by atoms with Crippen LogP contribution in [-0.2, 0) is 16.1 Å². The van der Waals surface area contributed by atoms with Crippen molar-refractivity contribution in [2.24, 2.45) is 0 Å². The minimum atomic E-state index is -0.380. The van der Waals surface area contributed by atoms with Crippen LogP contribution in [-0.4, -0.2) is 30.4 Å². The van der Waals surface area contributed by atoms with Crippen molar-refractivity contribution in [3.63, 3.8) is 0 Å². The Morgan fingerprint density at radius 1 is 1.12 bits per heavy atom. The molecule has 0 radical (unpaired) electrons. The molecule has 6 heteroatoms. The van der Waals surface area contributed by atoms with Gasteiger partial charge in [0.05, 0.1) is 7.11 Å². The van der Waals surface area contributed by atoms with Gasteiger partial charge in [-0.25, -0.2) is 4.39 Å². The summed E-state index contributed by atoms with van der Waals surface area (Å²) in [7, 11) is 1.55. The SMILES string of the molecule is COc1ccccc1CN(CC(=O)Nc1ccc(F)cc1)C(C)=O. The molecule has 0 heterocycles. The molecule has 2 aromatic carbocycles. The van der Waals surface area contributed by atoms with Gasteiger partial charge in [0.25, 0.3) is 0 Å². The number of amides is 2. The molecule has 5 nitrogen and oxygen atoms in total. The van der Waals surface area contributed by atoms with Gasteiger partial charge in [0.2, 0.25) is 11.8 Å². The maximum absolute atomic E-state index is 12.9. The topological polar surface area (TPSA) is 58.6 Å². The van der Waals surface area contributed by atoms with E-state index in [0.717, 1.165) is 5.56 Å². The van der Waals surface area contributed by atoms with Gasteiger partial charge in [-0.2, -0.15) is 0 Å². The minimum Gasteiger partial charge on any atom is -0.496 e. The van der Waals surface area contributed by atoms with Crippen molar-refractivity contribution in [1.82, 2.24) is 4.90 Å². The molecule has 126 valence electrons. The number of carbonyl (C=O) groups excluding carboxylic acids is 2. The van der Waals surface area contributed by atoms with Crippen molar-refractivity contribution < 1.29 is 18.7 Å². The molecule has 2 amide bonds. The highest BCUT2D eigenvalue weighted by atomic mass is 19.1. The first-order chi connectivity index (χ1) is 11.5. The van der Waals surface area contributed by atoms with Crippen LogP contribution >= 0.6 is 0 Å². The number of nitrogens with zero attached hydrogens (tertiary/aromatic N) is 1. The molecule has 0 aliphatic carbocycles. The van der Waals surface area contributed by atoms with Gasteiger partial charge in [-0.1, -0.05) is 18.2 Å². The Kier molecular flexibility index (Phi) is 5.89. The van der Waals surface area contributed by atoms with Gasteiger partial charge in [-0.15, -0.1) is 0 Å². The maximum Gasteiger partial charge on any atom is 0.244 e. The number of hydrogen-bond acceptors (Lipinski definition) is 3. The molecule has 0 spiro atoms. The molecule has 0 bridgehead atoms. The Balaban J connectivity index is 2.04. The number of para-hydroxylation sites is 1. The molecular weight excluding hydrogens is 311 g/mol. The second-order valence-electron chi connectivity index (χ2n) is 5.24. The monoisotopic (exact) mass is 330 g/mol. The van der Waals surface area contributed by atoms with E-state index >= 15 is 0 Å². The predicted octanol–water partition coefficient (Wildman–Crippen LogP) is 2.82. The zero-order valence-electron chi connectivity index (χ0n) is 13.6. The Bertz CT molecular complexity index is 716. The zero-order valence-corrected chi connectivity index (χ0v) is 13.6. The van der Waals surface area contributed by atoms with Gasteiger partial charge in [0.15, 0.2) is 0 Å². The molecule has 2 aromatic rings. The summed E-state index contributed by atoms with van der Waals surface area (Å²) in [5, 5.41) is 2.64. The third kappa shape index (κ3) is 4.81. The lowest BCUT2D eigenvalue weighted by Gasteiger charge is -2.21. The molecule has 0 aliphatic heterocycles. The van der Waals surface area contributed by atoms with E-state index in [1.165, 1.54) is 36.1 Å². The second kappa shape index (κ2) is 8.10. The lowest BCUT2D eigenvalue weighted by atomic mass is 10.2. The fraction of sp³-hybridized carbons (Fsp3) is 0.222. The van der Waals surface area contributed by atoms with Crippen LogP contribution in [0.4, 0.5) is 10.1 Å². The average molecular weight is 330 g/mol. The van der Waals surface area contributed by atoms with E-state index in [2.05, 4.69) is 5.32 Å². The summed E-state index contributed by atoms with van der Waals surface area (Å²) in [4.78, 5) is 25.4. The minimum absolute atomic E-state index is 0.106. The number of halogens is 1. The smallest absolute Gasteiger partial charge is 0.244 e. The van der Waals surface area contributed by atoms with Crippen LogP contribution in [0, 0.1) is 5.82 Å². The fourth-order valence-corrected chi connectivity index (χ4v) is 2.22. The van der Waals surface area contributed by atoms with Gasteiger partial charge in [-0.3, -0.25) is 9.59 Å². The van der Waals surface area contributed by atoms with Gasteiger partial charge >= 0.3 is 0 Å². The molecule has 0 fully saturated rings. The Morgan fingerprint density at radius 2 is 1.79 bits per heavy atom. The summed E-state index contributed by atoms with van der Waals surface area (Å²) in [5.41, 5.74) is 1.28. The first-order valence-corrected chi connectivity index (χ1v) is 7.42. The van der Waals surface area contributed by atoms with E-state index in [1.54, 1.807) is 13.2 Å². The third-order valence-corrected chi connectivity index (χ3v) is 3.46. The largest absolute Gasteiger partial charge is 0.496 e. The van der Waals surface area contributed by atoms with E-state index in [4.69, 9.17) is 4.74 Å². The van der Waals surface area contributed by atoms with E-state index in [0.29, 0.717) is 11.4 Å². The normalized spacial score (nSPS) is 10.1. The molecule has 0 saturated carbocycles. The zero-order chi connectivity index (χ0) is 17.5. The van der Waals surface area contributed by atoms with Crippen molar-refractivity contribution in [2.45, 2.75) is 13.5 Å². The first kappa shape index (κ1) is 17.5. The summed E-state index contributed by atoms with van der Waals surface area (Å²) >= 11 is 0. The van der Waals surface area contributed by atoms with Crippen LogP contribution in [0.5, 0.6) is 5.75 Å². The number of carbonyl (C=O) groups is 2. The molecular formula is C18H19FN2O3. The molecule has 0 saturated heterocycles. The van der Waals surface area contributed by atoms with E-state index in [-0.39, 0.29) is 30.7 Å². The van der Waals surface area contributed by atoms with Crippen LogP contribution in [0.3, 0.4) is 0 Å². The number of methoxy groups -OCH3 is 1. The van der Waals surface area contributed by atoms with Crippen molar-refractivity contribution >= 4 is 17.5 Å². The number of rotatable bonds is 6. The molecule has 0 aromatic heterocycles. The summed E-state index contributed by atoms with van der Waals surface area (Å²) < 4.78 is 18.1. The fourth-order valence-electron chi connectivity index (χ4n) is 2.22. The van der Waals surface area contributed by atoms with Crippen molar-refractivity contribution in [3.8, 4) is 5.75 Å². The average Bonchev–Trinajstić information content (AvgIpc) is 2.56. The molecule has 24 heavy (non-hydrogen) atoms. The maximum atomic E-state index is 12.9. The number of anilines is 1. The molecule has 0 atom stereocenters. The van der Waals surface area contributed by atoms with E-state index in [1.807, 2.05) is 18.2 Å². The van der Waals surface area contributed by atoms with Crippen LogP contribution in [0.15, 0.2) is 48.5 Å².